The molecule has 1 unspecified atom stereocenters. The fraction of sp³-hybridized carbons (Fsp3) is 0.609. The summed E-state index contributed by atoms with van der Waals surface area (Å²) in [5.41, 5.74) is 1.56. The Morgan fingerprint density at radius 2 is 1.86 bits per heavy atom. The van der Waals surface area contributed by atoms with Crippen LogP contribution in [0.3, 0.4) is 0 Å². The number of likely N-dealkylation sites (tertiary alicyclic amines) is 1. The third-order valence-corrected chi connectivity index (χ3v) is 5.35. The lowest BCUT2D eigenvalue weighted by Gasteiger charge is -2.36. The minimum absolute atomic E-state index is 0.0173. The van der Waals surface area contributed by atoms with Crippen LogP contribution in [-0.4, -0.2) is 48.3 Å². The third-order valence-electron chi connectivity index (χ3n) is 5.35. The number of nitrogens with one attached hydrogen (secondary N) is 2. The van der Waals surface area contributed by atoms with Crippen molar-refractivity contribution < 1.29 is 14.4 Å². The summed E-state index contributed by atoms with van der Waals surface area (Å²) in [6, 6.07) is 6.78. The summed E-state index contributed by atoms with van der Waals surface area (Å²) in [4.78, 5) is 39.8. The Morgan fingerprint density at radius 1 is 1.17 bits per heavy atom. The number of piperidine rings is 1. The first kappa shape index (κ1) is 22.9. The molecule has 6 heteroatoms. The van der Waals surface area contributed by atoms with Gasteiger partial charge in [-0.25, -0.2) is 0 Å². The predicted molar refractivity (Wildman–Crippen MR) is 114 cm³/mol. The summed E-state index contributed by atoms with van der Waals surface area (Å²) >= 11 is 0. The lowest BCUT2D eigenvalue weighted by Crippen LogP contribution is -2.54. The number of carbonyl (C=O) groups excluding carboxylic acids is 3. The maximum absolute atomic E-state index is 12.8. The van der Waals surface area contributed by atoms with Gasteiger partial charge in [0.25, 0.3) is 5.91 Å². The zero-order chi connectivity index (χ0) is 21.4. The molecular weight excluding hydrogens is 366 g/mol. The van der Waals surface area contributed by atoms with Gasteiger partial charge < -0.3 is 15.5 Å². The van der Waals surface area contributed by atoms with Gasteiger partial charge in [0, 0.05) is 31.6 Å². The van der Waals surface area contributed by atoms with Gasteiger partial charge in [-0.2, -0.15) is 0 Å². The maximum Gasteiger partial charge on any atom is 0.251 e. The molecule has 160 valence electrons. The highest BCUT2D eigenvalue weighted by molar-refractivity contribution is 5.97. The van der Waals surface area contributed by atoms with Gasteiger partial charge in [0.05, 0.1) is 0 Å². The van der Waals surface area contributed by atoms with Crippen LogP contribution in [-0.2, 0) is 9.59 Å². The molecule has 0 bridgehead atoms. The number of amides is 3. The predicted octanol–water partition coefficient (Wildman–Crippen LogP) is 2.90. The number of rotatable bonds is 8. The maximum atomic E-state index is 12.8. The molecule has 1 atom stereocenters. The van der Waals surface area contributed by atoms with Crippen LogP contribution in [0.1, 0.15) is 62.4 Å². The number of nitrogens with zero attached hydrogens (tertiary/aromatic N) is 1. The average molecular weight is 402 g/mol. The summed E-state index contributed by atoms with van der Waals surface area (Å²) < 4.78 is 0. The van der Waals surface area contributed by atoms with E-state index in [1.165, 1.54) is 0 Å². The molecule has 0 radical (unpaired) electrons. The van der Waals surface area contributed by atoms with E-state index in [0.29, 0.717) is 50.4 Å². The number of benzene rings is 1. The van der Waals surface area contributed by atoms with Gasteiger partial charge in [0.15, 0.2) is 0 Å². The lowest BCUT2D eigenvalue weighted by atomic mass is 9.88. The van der Waals surface area contributed by atoms with Crippen molar-refractivity contribution in [3.63, 3.8) is 0 Å². The van der Waals surface area contributed by atoms with Gasteiger partial charge in [-0.3, -0.25) is 14.4 Å². The van der Waals surface area contributed by atoms with Crippen LogP contribution >= 0.6 is 0 Å². The number of carbonyl (C=O) groups is 3. The van der Waals surface area contributed by atoms with Crippen molar-refractivity contribution in [2.75, 3.05) is 19.6 Å². The van der Waals surface area contributed by atoms with Gasteiger partial charge in [-0.05, 0) is 50.2 Å². The molecule has 2 N–H and O–H groups in total. The zero-order valence-electron chi connectivity index (χ0n) is 18.2. The van der Waals surface area contributed by atoms with Gasteiger partial charge in [0.2, 0.25) is 11.8 Å². The van der Waals surface area contributed by atoms with Gasteiger partial charge >= 0.3 is 0 Å². The monoisotopic (exact) mass is 401 g/mol. The second-order valence-electron chi connectivity index (χ2n) is 8.43. The van der Waals surface area contributed by atoms with Crippen LogP contribution in [0.15, 0.2) is 24.3 Å². The molecule has 1 aliphatic heterocycles. The van der Waals surface area contributed by atoms with E-state index in [1.54, 1.807) is 6.07 Å². The molecule has 0 spiro atoms. The summed E-state index contributed by atoms with van der Waals surface area (Å²) in [7, 11) is 0. The first-order valence-corrected chi connectivity index (χ1v) is 10.7. The highest BCUT2D eigenvalue weighted by Crippen LogP contribution is 2.23. The van der Waals surface area contributed by atoms with E-state index >= 15 is 0 Å². The summed E-state index contributed by atoms with van der Waals surface area (Å²) in [6.45, 7) is 9.87. The summed E-state index contributed by atoms with van der Waals surface area (Å²) in [5.74, 6) is 0.155. The summed E-state index contributed by atoms with van der Waals surface area (Å²) in [5, 5.41) is 5.88. The van der Waals surface area contributed by atoms with Crippen molar-refractivity contribution in [2.45, 2.75) is 59.4 Å². The Morgan fingerprint density at radius 3 is 2.45 bits per heavy atom. The molecule has 1 saturated heterocycles. The standard InChI is InChI=1S/C23H35N3O3/c1-5-11-24-23(29)21(25-22(28)19-8-6-7-17(4)15-19)18-9-12-26(13-10-18)20(27)14-16(2)3/h6-8,15-16,18,21H,5,9-14H2,1-4H3,(H,24,29)(H,25,28). The molecule has 1 fully saturated rings. The third kappa shape index (κ3) is 6.87. The van der Waals surface area contributed by atoms with E-state index < -0.39 is 6.04 Å². The minimum Gasteiger partial charge on any atom is -0.354 e. The molecule has 3 amide bonds. The van der Waals surface area contributed by atoms with Crippen LogP contribution < -0.4 is 10.6 Å². The largest absolute Gasteiger partial charge is 0.354 e. The van der Waals surface area contributed by atoms with Crippen LogP contribution in [0.25, 0.3) is 0 Å². The van der Waals surface area contributed by atoms with Crippen LogP contribution in [0.5, 0.6) is 0 Å². The van der Waals surface area contributed by atoms with Gasteiger partial charge in [0.1, 0.15) is 6.04 Å². The highest BCUT2D eigenvalue weighted by Gasteiger charge is 2.33. The normalized spacial score (nSPS) is 15.8. The van der Waals surface area contributed by atoms with Crippen molar-refractivity contribution in [1.29, 1.82) is 0 Å². The van der Waals surface area contributed by atoms with E-state index in [2.05, 4.69) is 10.6 Å². The van der Waals surface area contributed by atoms with Crippen LogP contribution in [0.2, 0.25) is 0 Å². The topological polar surface area (TPSA) is 78.5 Å². The molecule has 0 aliphatic carbocycles. The fourth-order valence-electron chi connectivity index (χ4n) is 3.73. The lowest BCUT2D eigenvalue weighted by molar-refractivity contribution is -0.133. The van der Waals surface area contributed by atoms with Crippen molar-refractivity contribution in [3.05, 3.63) is 35.4 Å². The molecule has 1 aromatic carbocycles. The smallest absolute Gasteiger partial charge is 0.251 e. The Kier molecular flexibility index (Phi) is 8.68. The average Bonchev–Trinajstić information content (AvgIpc) is 2.69. The number of aryl methyl sites for hydroxylation is 1. The molecule has 0 saturated carbocycles. The van der Waals surface area contributed by atoms with E-state index in [4.69, 9.17) is 0 Å². The van der Waals surface area contributed by atoms with Gasteiger partial charge in [-0.1, -0.05) is 38.5 Å². The Labute approximate surface area is 174 Å². The molecule has 1 aromatic rings. The summed E-state index contributed by atoms with van der Waals surface area (Å²) in [6.07, 6.45) is 2.81. The highest BCUT2D eigenvalue weighted by atomic mass is 16.2. The Hall–Kier alpha value is -2.37. The quantitative estimate of drug-likeness (QED) is 0.703. The van der Waals surface area contributed by atoms with E-state index in [0.717, 1.165) is 12.0 Å². The second-order valence-corrected chi connectivity index (χ2v) is 8.43. The SMILES string of the molecule is CCCNC(=O)C(NC(=O)c1cccc(C)c1)C1CCN(C(=O)CC(C)C)CC1. The molecule has 6 nitrogen and oxygen atoms in total. The molecule has 1 aliphatic rings. The Bertz CT molecular complexity index is 709. The van der Waals surface area contributed by atoms with Crippen molar-refractivity contribution in [2.24, 2.45) is 11.8 Å². The molecule has 0 aromatic heterocycles. The fourth-order valence-corrected chi connectivity index (χ4v) is 3.73. The first-order valence-electron chi connectivity index (χ1n) is 10.7. The van der Waals surface area contributed by atoms with E-state index in [-0.39, 0.29) is 23.6 Å². The van der Waals surface area contributed by atoms with E-state index in [1.807, 2.05) is 50.8 Å². The molecule has 29 heavy (non-hydrogen) atoms. The second kappa shape index (κ2) is 11.0. The molecule has 2 rings (SSSR count). The Balaban J connectivity index is 2.05. The van der Waals surface area contributed by atoms with Gasteiger partial charge in [-0.15, -0.1) is 0 Å². The first-order chi connectivity index (χ1) is 13.8. The van der Waals surface area contributed by atoms with Crippen LogP contribution in [0.4, 0.5) is 0 Å². The van der Waals surface area contributed by atoms with Crippen molar-refractivity contribution >= 4 is 17.7 Å². The minimum atomic E-state index is -0.586. The van der Waals surface area contributed by atoms with E-state index in [9.17, 15) is 14.4 Å². The van der Waals surface area contributed by atoms with Crippen molar-refractivity contribution in [3.8, 4) is 0 Å². The van der Waals surface area contributed by atoms with Crippen LogP contribution in [0, 0.1) is 18.8 Å². The zero-order valence-corrected chi connectivity index (χ0v) is 18.2. The number of hydrogen-bond acceptors (Lipinski definition) is 3. The van der Waals surface area contributed by atoms with Crippen molar-refractivity contribution in [1.82, 2.24) is 15.5 Å². The molecular formula is C23H35N3O3. The number of hydrogen-bond donors (Lipinski definition) is 2. The molecule has 1 heterocycles.